The van der Waals surface area contributed by atoms with Crippen LogP contribution >= 0.6 is 0 Å². The van der Waals surface area contributed by atoms with E-state index in [0.29, 0.717) is 5.75 Å². The van der Waals surface area contributed by atoms with Crippen molar-refractivity contribution in [3.05, 3.63) is 29.8 Å². The Kier molecular flexibility index (Phi) is 6.21. The van der Waals surface area contributed by atoms with E-state index in [9.17, 15) is 9.59 Å². The molecule has 0 atom stereocenters. The average molecular weight is 293 g/mol. The van der Waals surface area contributed by atoms with E-state index < -0.39 is 0 Å². The SMILES string of the molecule is COC(=O)CCNC(=O)COc1ccc(C(C)(C)C)cc1. The van der Waals surface area contributed by atoms with E-state index in [4.69, 9.17) is 4.74 Å². The van der Waals surface area contributed by atoms with E-state index in [2.05, 4.69) is 30.8 Å². The Morgan fingerprint density at radius 1 is 1.14 bits per heavy atom. The van der Waals surface area contributed by atoms with Crippen molar-refractivity contribution in [1.82, 2.24) is 5.32 Å². The Bertz CT molecular complexity index is 474. The fourth-order valence-corrected chi connectivity index (χ4v) is 1.66. The number of hydrogen-bond acceptors (Lipinski definition) is 4. The largest absolute Gasteiger partial charge is 0.484 e. The van der Waals surface area contributed by atoms with Gasteiger partial charge in [0.2, 0.25) is 0 Å². The van der Waals surface area contributed by atoms with Gasteiger partial charge in [0.05, 0.1) is 13.5 Å². The summed E-state index contributed by atoms with van der Waals surface area (Å²) < 4.78 is 9.87. The highest BCUT2D eigenvalue weighted by Gasteiger charge is 2.13. The van der Waals surface area contributed by atoms with Crippen LogP contribution in [0.25, 0.3) is 0 Å². The Morgan fingerprint density at radius 2 is 1.76 bits per heavy atom. The molecular weight excluding hydrogens is 270 g/mol. The highest BCUT2D eigenvalue weighted by Crippen LogP contribution is 2.24. The molecule has 1 rings (SSSR count). The lowest BCUT2D eigenvalue weighted by Gasteiger charge is -2.19. The van der Waals surface area contributed by atoms with Gasteiger partial charge in [0, 0.05) is 6.54 Å². The van der Waals surface area contributed by atoms with E-state index in [-0.39, 0.29) is 36.9 Å². The molecule has 1 N–H and O–H groups in total. The quantitative estimate of drug-likeness (QED) is 0.815. The van der Waals surface area contributed by atoms with Crippen molar-refractivity contribution in [2.75, 3.05) is 20.3 Å². The van der Waals surface area contributed by atoms with Crippen LogP contribution in [0.4, 0.5) is 0 Å². The topological polar surface area (TPSA) is 64.6 Å². The van der Waals surface area contributed by atoms with Gasteiger partial charge in [-0.05, 0) is 23.1 Å². The number of ether oxygens (including phenoxy) is 2. The van der Waals surface area contributed by atoms with Crippen LogP contribution in [0.3, 0.4) is 0 Å². The molecule has 1 aromatic rings. The molecule has 0 aliphatic rings. The molecule has 1 aromatic carbocycles. The predicted octanol–water partition coefficient (Wildman–Crippen LogP) is 2.04. The van der Waals surface area contributed by atoms with Crippen LogP contribution in [0.15, 0.2) is 24.3 Å². The molecule has 116 valence electrons. The highest BCUT2D eigenvalue weighted by atomic mass is 16.5. The number of hydrogen-bond donors (Lipinski definition) is 1. The zero-order chi connectivity index (χ0) is 15.9. The van der Waals surface area contributed by atoms with Crippen molar-refractivity contribution in [2.45, 2.75) is 32.6 Å². The second-order valence-corrected chi connectivity index (χ2v) is 5.74. The molecule has 0 unspecified atom stereocenters. The van der Waals surface area contributed by atoms with E-state index in [1.54, 1.807) is 0 Å². The molecule has 1 amide bonds. The second kappa shape index (κ2) is 7.67. The van der Waals surface area contributed by atoms with Crippen molar-refractivity contribution < 1.29 is 19.1 Å². The fraction of sp³-hybridized carbons (Fsp3) is 0.500. The summed E-state index contributed by atoms with van der Waals surface area (Å²) in [6, 6.07) is 7.68. The third-order valence-electron chi connectivity index (χ3n) is 2.97. The average Bonchev–Trinajstić information content (AvgIpc) is 2.44. The van der Waals surface area contributed by atoms with Crippen molar-refractivity contribution in [3.8, 4) is 5.75 Å². The third-order valence-corrected chi connectivity index (χ3v) is 2.97. The summed E-state index contributed by atoms with van der Waals surface area (Å²) in [5.41, 5.74) is 1.29. The Morgan fingerprint density at radius 3 is 2.29 bits per heavy atom. The fourth-order valence-electron chi connectivity index (χ4n) is 1.66. The molecule has 0 aliphatic heterocycles. The number of amides is 1. The minimum Gasteiger partial charge on any atom is -0.484 e. The highest BCUT2D eigenvalue weighted by molar-refractivity contribution is 5.78. The van der Waals surface area contributed by atoms with Gasteiger partial charge < -0.3 is 14.8 Å². The lowest BCUT2D eigenvalue weighted by atomic mass is 9.87. The van der Waals surface area contributed by atoms with Gasteiger partial charge in [-0.2, -0.15) is 0 Å². The monoisotopic (exact) mass is 293 g/mol. The maximum Gasteiger partial charge on any atom is 0.307 e. The number of carbonyl (C=O) groups is 2. The van der Waals surface area contributed by atoms with Gasteiger partial charge in [-0.1, -0.05) is 32.9 Å². The molecule has 5 nitrogen and oxygen atoms in total. The number of nitrogens with one attached hydrogen (secondary N) is 1. The molecule has 0 saturated carbocycles. The Hall–Kier alpha value is -2.04. The minimum atomic E-state index is -0.353. The smallest absolute Gasteiger partial charge is 0.307 e. The van der Waals surface area contributed by atoms with E-state index in [1.165, 1.54) is 12.7 Å². The Labute approximate surface area is 125 Å². The first-order valence-corrected chi connectivity index (χ1v) is 6.90. The number of carbonyl (C=O) groups excluding carboxylic acids is 2. The molecule has 21 heavy (non-hydrogen) atoms. The van der Waals surface area contributed by atoms with Crippen LogP contribution < -0.4 is 10.1 Å². The molecule has 0 fully saturated rings. The molecule has 0 heterocycles. The standard InChI is InChI=1S/C16H23NO4/c1-16(2,3)12-5-7-13(8-6-12)21-11-14(18)17-10-9-15(19)20-4/h5-8H,9-11H2,1-4H3,(H,17,18). The molecule has 0 aliphatic carbocycles. The van der Waals surface area contributed by atoms with Crippen LogP contribution in [0.5, 0.6) is 5.75 Å². The minimum absolute atomic E-state index is 0.0734. The molecule has 0 aromatic heterocycles. The number of esters is 1. The lowest BCUT2D eigenvalue weighted by Crippen LogP contribution is -2.30. The molecule has 0 saturated heterocycles. The molecule has 5 heteroatoms. The summed E-state index contributed by atoms with van der Waals surface area (Å²) in [6.07, 6.45) is 0.155. The first-order valence-electron chi connectivity index (χ1n) is 6.90. The van der Waals surface area contributed by atoms with E-state index >= 15 is 0 Å². The predicted molar refractivity (Wildman–Crippen MR) is 80.3 cm³/mol. The maximum absolute atomic E-state index is 11.5. The van der Waals surface area contributed by atoms with Crippen molar-refractivity contribution >= 4 is 11.9 Å². The Balaban J connectivity index is 2.35. The summed E-state index contributed by atoms with van der Waals surface area (Å²) in [6.45, 7) is 6.58. The van der Waals surface area contributed by atoms with Crippen molar-refractivity contribution in [2.24, 2.45) is 0 Å². The van der Waals surface area contributed by atoms with Gasteiger partial charge in [0.25, 0.3) is 5.91 Å². The number of benzene rings is 1. The summed E-state index contributed by atoms with van der Waals surface area (Å²) in [5.74, 6) is 0.0268. The van der Waals surface area contributed by atoms with Gasteiger partial charge >= 0.3 is 5.97 Å². The molecule has 0 radical (unpaired) electrons. The summed E-state index contributed by atoms with van der Waals surface area (Å²) in [5, 5.41) is 2.59. The zero-order valence-electron chi connectivity index (χ0n) is 13.1. The van der Waals surface area contributed by atoms with Gasteiger partial charge in [0.15, 0.2) is 6.61 Å². The number of rotatable bonds is 6. The van der Waals surface area contributed by atoms with E-state index in [1.807, 2.05) is 24.3 Å². The first-order chi connectivity index (χ1) is 9.82. The summed E-state index contributed by atoms with van der Waals surface area (Å²) in [4.78, 5) is 22.4. The van der Waals surface area contributed by atoms with Gasteiger partial charge in [-0.25, -0.2) is 0 Å². The van der Waals surface area contributed by atoms with Crippen molar-refractivity contribution in [3.63, 3.8) is 0 Å². The van der Waals surface area contributed by atoms with Gasteiger partial charge in [-0.15, -0.1) is 0 Å². The lowest BCUT2D eigenvalue weighted by molar-refractivity contribution is -0.140. The molecular formula is C16H23NO4. The summed E-state index contributed by atoms with van der Waals surface area (Å²) in [7, 11) is 1.31. The van der Waals surface area contributed by atoms with Crippen molar-refractivity contribution in [1.29, 1.82) is 0 Å². The first kappa shape index (κ1) is 17.0. The number of methoxy groups -OCH3 is 1. The van der Waals surface area contributed by atoms with E-state index in [0.717, 1.165) is 0 Å². The third kappa shape index (κ3) is 6.29. The van der Waals surface area contributed by atoms with Gasteiger partial charge in [0.1, 0.15) is 5.75 Å². The maximum atomic E-state index is 11.5. The van der Waals surface area contributed by atoms with Gasteiger partial charge in [-0.3, -0.25) is 9.59 Å². The van der Waals surface area contributed by atoms with Crippen LogP contribution in [-0.2, 0) is 19.7 Å². The molecule has 0 bridgehead atoms. The van der Waals surface area contributed by atoms with Crippen LogP contribution in [0.2, 0.25) is 0 Å². The zero-order valence-corrected chi connectivity index (χ0v) is 13.1. The van der Waals surface area contributed by atoms with Crippen LogP contribution in [-0.4, -0.2) is 32.1 Å². The normalized spacial score (nSPS) is 10.9. The summed E-state index contributed by atoms with van der Waals surface area (Å²) >= 11 is 0. The second-order valence-electron chi connectivity index (χ2n) is 5.74. The van der Waals surface area contributed by atoms with Crippen LogP contribution in [0.1, 0.15) is 32.8 Å². The van der Waals surface area contributed by atoms with Crippen LogP contribution in [0, 0.1) is 0 Å². The molecule has 0 spiro atoms.